The van der Waals surface area contributed by atoms with E-state index in [1.807, 2.05) is 0 Å². The molecule has 0 aromatic heterocycles. The summed E-state index contributed by atoms with van der Waals surface area (Å²) in [4.78, 5) is 9.24. The van der Waals surface area contributed by atoms with Crippen molar-refractivity contribution < 1.29 is 12.8 Å². The van der Waals surface area contributed by atoms with Gasteiger partial charge in [0.25, 0.3) is 5.97 Å². The zero-order valence-electron chi connectivity index (χ0n) is 5.35. The van der Waals surface area contributed by atoms with Gasteiger partial charge in [0.1, 0.15) is 0 Å². The number of carbonyl (C=O) groups is 1. The van der Waals surface area contributed by atoms with Crippen LogP contribution in [0, 0.1) is 0 Å². The van der Waals surface area contributed by atoms with Crippen molar-refractivity contribution in [3.63, 3.8) is 0 Å². The van der Waals surface area contributed by atoms with E-state index in [-0.39, 0.29) is 46.9 Å². The molecular weight excluding hydrogens is 107 g/mol. The molecule has 2 radical (unpaired) electrons. The van der Waals surface area contributed by atoms with Gasteiger partial charge in [0, 0.05) is 6.32 Å². The third-order valence-corrected chi connectivity index (χ3v) is 0.175. The van der Waals surface area contributed by atoms with Gasteiger partial charge in [-0.15, -0.1) is 0 Å². The van der Waals surface area contributed by atoms with E-state index in [0.29, 0.717) is 0 Å². The minimum Gasteiger partial charge on any atom is -1.00 e. The van der Waals surface area contributed by atoms with Crippen LogP contribution in [-0.4, -0.2) is 56.7 Å². The molecule has 1 N–H and O–H groups in total. The molecule has 4 heteroatoms. The first kappa shape index (κ1) is 9.92. The zero-order chi connectivity index (χ0) is 4.28. The molecule has 0 aliphatic rings. The summed E-state index contributed by atoms with van der Waals surface area (Å²) in [6, 6.07) is 0. The van der Waals surface area contributed by atoms with Crippen molar-refractivity contribution in [2.75, 3.05) is 0 Å². The van der Waals surface area contributed by atoms with Crippen LogP contribution >= 0.6 is 0 Å². The molecule has 0 saturated carbocycles. The van der Waals surface area contributed by atoms with Crippen LogP contribution in [0.3, 0.4) is 0 Å². The fourth-order valence-electron chi connectivity index (χ4n) is 0. The van der Waals surface area contributed by atoms with Gasteiger partial charge in [-0.1, -0.05) is 0 Å². The van der Waals surface area contributed by atoms with Crippen LogP contribution in [0.1, 0.15) is 2.85 Å². The van der Waals surface area contributed by atoms with Crippen molar-refractivity contribution in [1.82, 2.24) is 0 Å². The molecule has 0 heterocycles. The summed E-state index contributed by atoms with van der Waals surface area (Å²) in [5, 5.41) is 7.60. The van der Waals surface area contributed by atoms with E-state index < -0.39 is 5.97 Å². The molecular formula is C2H5BCaO2. The number of carboxylic acid groups (broad SMARTS) is 1. The molecule has 0 aliphatic carbocycles. The first-order chi connectivity index (χ1) is 2.27. The molecule has 0 unspecified atom stereocenters. The number of carboxylic acids is 1. The molecule has 0 amide bonds. The van der Waals surface area contributed by atoms with Crippen molar-refractivity contribution in [2.24, 2.45) is 0 Å². The molecule has 0 spiro atoms. The third kappa shape index (κ3) is 8.84. The number of aliphatic carboxylic acids is 1. The van der Waals surface area contributed by atoms with Crippen molar-refractivity contribution in [2.45, 2.75) is 6.32 Å². The summed E-state index contributed by atoms with van der Waals surface area (Å²) >= 11 is 0. The van der Waals surface area contributed by atoms with Crippen LogP contribution in [0.2, 0.25) is 6.32 Å². The monoisotopic (exact) mass is 112 g/mol. The molecule has 0 aromatic carbocycles. The van der Waals surface area contributed by atoms with Crippen LogP contribution in [0.5, 0.6) is 0 Å². The van der Waals surface area contributed by atoms with Crippen LogP contribution < -0.4 is 0 Å². The molecule has 30 valence electrons. The Kier molecular flexibility index (Phi) is 9.58. The molecule has 0 atom stereocenters. The Morgan fingerprint density at radius 1 is 2.00 bits per heavy atom. The molecule has 0 aliphatic heterocycles. The number of rotatable bonds is 1. The predicted molar refractivity (Wildman–Crippen MR) is 26.2 cm³/mol. The van der Waals surface area contributed by atoms with E-state index in [0.717, 1.165) is 0 Å². The quantitative estimate of drug-likeness (QED) is 0.464. The van der Waals surface area contributed by atoms with Gasteiger partial charge in [0.05, 0.1) is 7.85 Å². The van der Waals surface area contributed by atoms with Gasteiger partial charge in [-0.05, 0) is 0 Å². The van der Waals surface area contributed by atoms with Gasteiger partial charge in [-0.25, -0.2) is 0 Å². The second-order valence-electron chi connectivity index (χ2n) is 0.598. The van der Waals surface area contributed by atoms with E-state index in [4.69, 9.17) is 5.11 Å². The van der Waals surface area contributed by atoms with Crippen LogP contribution in [0.4, 0.5) is 0 Å². The number of hydrogen-bond acceptors (Lipinski definition) is 1. The summed E-state index contributed by atoms with van der Waals surface area (Å²) in [5.41, 5.74) is 0. The Morgan fingerprint density at radius 3 is 2.17 bits per heavy atom. The van der Waals surface area contributed by atoms with E-state index in [1.165, 1.54) is 0 Å². The van der Waals surface area contributed by atoms with Crippen molar-refractivity contribution in [1.29, 1.82) is 0 Å². The molecule has 0 rings (SSSR count). The molecule has 6 heavy (non-hydrogen) atoms. The molecule has 0 aromatic rings. The van der Waals surface area contributed by atoms with Gasteiger partial charge in [0.2, 0.25) is 0 Å². The topological polar surface area (TPSA) is 37.3 Å². The SMILES string of the molecule is [B]CC(=O)O.[Ca+2].[H-].[H-]. The first-order valence-corrected chi connectivity index (χ1v) is 1.19. The Balaban J connectivity index is -0.0000000267. The standard InChI is InChI=1S/C2H3BO2.Ca.2H/c3-1-2(4)5;;;/h1H2,(H,4,5);;;/q;+2;2*-1. The third-order valence-electron chi connectivity index (χ3n) is 0.175. The Labute approximate surface area is 70.3 Å². The van der Waals surface area contributed by atoms with E-state index in [1.54, 1.807) is 0 Å². The first-order valence-electron chi connectivity index (χ1n) is 1.19. The van der Waals surface area contributed by atoms with Gasteiger partial charge in [-0.2, -0.15) is 0 Å². The molecule has 0 bridgehead atoms. The predicted octanol–water partition coefficient (Wildman–Crippen LogP) is -0.498. The van der Waals surface area contributed by atoms with Gasteiger partial charge >= 0.3 is 37.7 Å². The Bertz CT molecular complexity index is 53.3. The maximum Gasteiger partial charge on any atom is 2.00 e. The van der Waals surface area contributed by atoms with Gasteiger partial charge < -0.3 is 7.96 Å². The molecule has 0 fully saturated rings. The van der Waals surface area contributed by atoms with Gasteiger partial charge in [0.15, 0.2) is 0 Å². The summed E-state index contributed by atoms with van der Waals surface area (Å²) in [5.74, 6) is -0.968. The summed E-state index contributed by atoms with van der Waals surface area (Å²) in [6.07, 6.45) is -0.278. The van der Waals surface area contributed by atoms with Crippen LogP contribution in [0.15, 0.2) is 0 Å². The average molecular weight is 112 g/mol. The Hall–Kier alpha value is 0.795. The van der Waals surface area contributed by atoms with E-state index >= 15 is 0 Å². The maximum atomic E-state index is 9.24. The van der Waals surface area contributed by atoms with Crippen LogP contribution in [0.25, 0.3) is 0 Å². The summed E-state index contributed by atoms with van der Waals surface area (Å²) < 4.78 is 0. The number of hydrogen-bond donors (Lipinski definition) is 1. The molecule has 0 saturated heterocycles. The maximum absolute atomic E-state index is 9.24. The minimum atomic E-state index is -0.968. The largest absolute Gasteiger partial charge is 2.00 e. The summed E-state index contributed by atoms with van der Waals surface area (Å²) in [7, 11) is 4.57. The fourth-order valence-corrected chi connectivity index (χ4v) is 0. The van der Waals surface area contributed by atoms with Crippen LogP contribution in [-0.2, 0) is 4.79 Å². The van der Waals surface area contributed by atoms with E-state index in [2.05, 4.69) is 7.85 Å². The Morgan fingerprint density at radius 2 is 2.17 bits per heavy atom. The fraction of sp³-hybridized carbons (Fsp3) is 0.500. The van der Waals surface area contributed by atoms with Crippen molar-refractivity contribution in [3.05, 3.63) is 0 Å². The zero-order valence-corrected chi connectivity index (χ0v) is 5.56. The van der Waals surface area contributed by atoms with Gasteiger partial charge in [-0.3, -0.25) is 4.79 Å². The second-order valence-corrected chi connectivity index (χ2v) is 0.598. The van der Waals surface area contributed by atoms with Crippen molar-refractivity contribution in [3.8, 4) is 0 Å². The summed E-state index contributed by atoms with van der Waals surface area (Å²) in [6.45, 7) is 0. The average Bonchev–Trinajstić information content (AvgIpc) is 1.38. The van der Waals surface area contributed by atoms with E-state index in [9.17, 15) is 4.79 Å². The second kappa shape index (κ2) is 5.79. The van der Waals surface area contributed by atoms with Crippen molar-refractivity contribution >= 4 is 51.6 Å². The normalized spacial score (nSPS) is 6.00. The molecule has 2 nitrogen and oxygen atoms in total. The minimum absolute atomic E-state index is 0. The smallest absolute Gasteiger partial charge is 1.00 e.